The van der Waals surface area contributed by atoms with Crippen LogP contribution in [0.15, 0.2) is 72.9 Å². The average molecular weight is 649 g/mol. The molecule has 15 heteroatoms. The summed E-state index contributed by atoms with van der Waals surface area (Å²) in [4.78, 5) is 50.0. The molecule has 1 saturated heterocycles. The summed E-state index contributed by atoms with van der Waals surface area (Å²) in [6, 6.07) is 15.3. The van der Waals surface area contributed by atoms with Crippen molar-refractivity contribution in [1.82, 2.24) is 9.99 Å². The van der Waals surface area contributed by atoms with E-state index in [0.717, 1.165) is 29.7 Å². The first kappa shape index (κ1) is 33.9. The number of benzene rings is 2. The molecule has 4 rings (SSSR count). The number of amides is 1. The van der Waals surface area contributed by atoms with Crippen molar-refractivity contribution >= 4 is 31.4 Å². The molecular formula is C30H34FN2O11P. The predicted octanol–water partition coefficient (Wildman–Crippen LogP) is 2.97. The van der Waals surface area contributed by atoms with Crippen LogP contribution in [0.3, 0.4) is 0 Å². The normalized spacial score (nSPS) is 25.7. The number of hydrogen-bond acceptors (Lipinski definition) is 11. The minimum atomic E-state index is -4.48. The second-order valence-electron chi connectivity index (χ2n) is 10.6. The van der Waals surface area contributed by atoms with Crippen LogP contribution in [0, 0.1) is 0 Å². The Labute approximate surface area is 258 Å². The number of para-hydroxylation sites is 1. The van der Waals surface area contributed by atoms with E-state index in [9.17, 15) is 28.8 Å². The fraction of sp³-hybridized carbons (Fsp3) is 0.400. The first-order valence-corrected chi connectivity index (χ1v) is 15.6. The third-order valence-corrected chi connectivity index (χ3v) is 8.58. The molecule has 45 heavy (non-hydrogen) atoms. The summed E-state index contributed by atoms with van der Waals surface area (Å²) in [5, 5.41) is 13.1. The molecule has 1 unspecified atom stereocenters. The van der Waals surface area contributed by atoms with Crippen molar-refractivity contribution in [2.45, 2.75) is 70.0 Å². The SMILES string of the molecule is C[C@H](NP(=O)(OC[C@H]1O[C@@H](N2C=CC(=O)CC2=O)[C@](C)(F)[C@@H]1O)Oc1ccccc1)C(=O)O[C@@H](C)C(=O)OCc1ccccc1. The third kappa shape index (κ3) is 8.62. The van der Waals surface area contributed by atoms with Gasteiger partial charge in [0.05, 0.1) is 13.0 Å². The second-order valence-corrected chi connectivity index (χ2v) is 12.3. The van der Waals surface area contributed by atoms with Crippen molar-refractivity contribution in [3.63, 3.8) is 0 Å². The summed E-state index contributed by atoms with van der Waals surface area (Å²) in [7, 11) is -4.48. The van der Waals surface area contributed by atoms with Crippen molar-refractivity contribution in [3.05, 3.63) is 78.5 Å². The van der Waals surface area contributed by atoms with Gasteiger partial charge in [-0.25, -0.2) is 13.8 Å². The molecular weight excluding hydrogens is 614 g/mol. The van der Waals surface area contributed by atoms with Gasteiger partial charge in [-0.15, -0.1) is 0 Å². The van der Waals surface area contributed by atoms with E-state index in [1.807, 2.05) is 6.07 Å². The first-order chi connectivity index (χ1) is 21.3. The van der Waals surface area contributed by atoms with Crippen LogP contribution in [0.1, 0.15) is 32.8 Å². The zero-order valence-corrected chi connectivity index (χ0v) is 25.6. The van der Waals surface area contributed by atoms with Crippen molar-refractivity contribution < 1.29 is 56.5 Å². The molecule has 2 aromatic rings. The molecule has 2 aromatic carbocycles. The number of nitrogens with zero attached hydrogens (tertiary/aromatic N) is 1. The molecule has 2 heterocycles. The standard InChI is InChI=1S/C30H34FN2O11P/c1-19(27(37)42-20(2)28(38)40-17-21-10-6-4-7-11-21)32-45(39,44-23-12-8-5-9-13-23)41-18-24-26(36)30(3,31)29(43-24)33-15-14-22(34)16-25(33)35/h4-15,19-20,24,26,29,36H,16-18H2,1-3H3,(H,32,39)/t19-,20-,24+,26+,29+,30+,45?/m0/s1. The van der Waals surface area contributed by atoms with Gasteiger partial charge in [0.2, 0.25) is 5.91 Å². The summed E-state index contributed by atoms with van der Waals surface area (Å²) >= 11 is 0. The van der Waals surface area contributed by atoms with Crippen molar-refractivity contribution in [3.8, 4) is 5.75 Å². The van der Waals surface area contributed by atoms with Gasteiger partial charge in [0.25, 0.3) is 0 Å². The van der Waals surface area contributed by atoms with Crippen LogP contribution >= 0.6 is 7.75 Å². The Morgan fingerprint density at radius 3 is 2.40 bits per heavy atom. The maximum absolute atomic E-state index is 15.6. The largest absolute Gasteiger partial charge is 0.459 e. The van der Waals surface area contributed by atoms with Crippen molar-refractivity contribution in [2.24, 2.45) is 0 Å². The van der Waals surface area contributed by atoms with Crippen LogP contribution in [0.5, 0.6) is 5.75 Å². The maximum Gasteiger partial charge on any atom is 0.459 e. The number of aliphatic hydroxyl groups is 1. The molecule has 0 spiro atoms. The minimum absolute atomic E-state index is 0.0302. The van der Waals surface area contributed by atoms with Gasteiger partial charge in [0.15, 0.2) is 23.8 Å². The zero-order chi connectivity index (χ0) is 32.8. The van der Waals surface area contributed by atoms with E-state index in [1.165, 1.54) is 26.0 Å². The predicted molar refractivity (Wildman–Crippen MR) is 155 cm³/mol. The van der Waals surface area contributed by atoms with E-state index >= 15 is 4.39 Å². The number of nitrogens with one attached hydrogen (secondary N) is 1. The molecule has 0 saturated carbocycles. The third-order valence-electron chi connectivity index (χ3n) is 6.94. The molecule has 1 fully saturated rings. The summed E-state index contributed by atoms with van der Waals surface area (Å²) in [5.74, 6) is -2.90. The first-order valence-electron chi connectivity index (χ1n) is 14.0. The molecule has 13 nitrogen and oxygen atoms in total. The highest BCUT2D eigenvalue weighted by atomic mass is 31.2. The number of alkyl halides is 1. The highest BCUT2D eigenvalue weighted by Crippen LogP contribution is 2.46. The summed E-state index contributed by atoms with van der Waals surface area (Å²) < 4.78 is 56.6. The number of ether oxygens (including phenoxy) is 3. The van der Waals surface area contributed by atoms with Crippen LogP contribution in [0.2, 0.25) is 0 Å². The van der Waals surface area contributed by atoms with Gasteiger partial charge in [0, 0.05) is 6.20 Å². The fourth-order valence-electron chi connectivity index (χ4n) is 4.45. The van der Waals surface area contributed by atoms with Crippen LogP contribution < -0.4 is 9.61 Å². The molecule has 242 valence electrons. The lowest BCUT2D eigenvalue weighted by molar-refractivity contribution is -0.168. The monoisotopic (exact) mass is 648 g/mol. The Bertz CT molecular complexity index is 1460. The minimum Gasteiger partial charge on any atom is -0.458 e. The Hall–Kier alpha value is -3.94. The van der Waals surface area contributed by atoms with Gasteiger partial charge in [-0.2, -0.15) is 5.09 Å². The van der Waals surface area contributed by atoms with Gasteiger partial charge >= 0.3 is 19.7 Å². The highest BCUT2D eigenvalue weighted by Gasteiger charge is 2.57. The number of carbonyl (C=O) groups is 4. The van der Waals surface area contributed by atoms with Gasteiger partial charge in [0.1, 0.15) is 30.6 Å². The lowest BCUT2D eigenvalue weighted by atomic mass is 9.97. The Morgan fingerprint density at radius 2 is 1.76 bits per heavy atom. The van der Waals surface area contributed by atoms with E-state index in [1.54, 1.807) is 42.5 Å². The molecule has 0 radical (unpaired) electrons. The van der Waals surface area contributed by atoms with Gasteiger partial charge in [-0.1, -0.05) is 48.5 Å². The number of allylic oxidation sites excluding steroid dienone is 1. The van der Waals surface area contributed by atoms with E-state index < -0.39 is 80.7 Å². The van der Waals surface area contributed by atoms with Crippen molar-refractivity contribution in [2.75, 3.05) is 6.61 Å². The number of carbonyl (C=O) groups excluding carboxylic acids is 4. The highest BCUT2D eigenvalue weighted by molar-refractivity contribution is 7.52. The molecule has 0 bridgehead atoms. The lowest BCUT2D eigenvalue weighted by Gasteiger charge is -2.32. The Balaban J connectivity index is 1.41. The number of hydrogen-bond donors (Lipinski definition) is 2. The number of ketones is 1. The molecule has 1 amide bonds. The van der Waals surface area contributed by atoms with E-state index in [0.29, 0.717) is 0 Å². The number of aliphatic hydroxyl groups excluding tert-OH is 1. The fourth-order valence-corrected chi connectivity index (χ4v) is 5.95. The molecule has 0 aliphatic carbocycles. The van der Waals surface area contributed by atoms with Gasteiger partial charge in [-0.05, 0) is 44.5 Å². The maximum atomic E-state index is 15.6. The van der Waals surface area contributed by atoms with Crippen LogP contribution in [0.4, 0.5) is 4.39 Å². The molecule has 2 aliphatic heterocycles. The quantitative estimate of drug-likeness (QED) is 0.186. The molecule has 7 atom stereocenters. The Kier molecular flexibility index (Phi) is 10.9. The van der Waals surface area contributed by atoms with Gasteiger partial charge < -0.3 is 23.8 Å². The van der Waals surface area contributed by atoms with Crippen molar-refractivity contribution in [1.29, 1.82) is 0 Å². The van der Waals surface area contributed by atoms with E-state index in [4.69, 9.17) is 23.3 Å². The van der Waals surface area contributed by atoms with Gasteiger partial charge in [-0.3, -0.25) is 23.8 Å². The lowest BCUT2D eigenvalue weighted by Crippen LogP contribution is -2.51. The molecule has 0 aromatic heterocycles. The topological polar surface area (TPSA) is 167 Å². The number of halogens is 1. The zero-order valence-electron chi connectivity index (χ0n) is 24.7. The number of esters is 2. The van der Waals surface area contributed by atoms with Crippen LogP contribution in [0.25, 0.3) is 0 Å². The van der Waals surface area contributed by atoms with E-state index in [2.05, 4.69) is 5.09 Å². The molecule has 2 N–H and O–H groups in total. The molecule has 2 aliphatic rings. The summed E-state index contributed by atoms with van der Waals surface area (Å²) in [5.41, 5.74) is -1.77. The number of rotatable bonds is 13. The second kappa shape index (κ2) is 14.4. The smallest absolute Gasteiger partial charge is 0.458 e. The summed E-state index contributed by atoms with van der Waals surface area (Å²) in [6.45, 7) is 2.89. The van der Waals surface area contributed by atoms with Crippen LogP contribution in [-0.2, 0) is 49.1 Å². The Morgan fingerprint density at radius 1 is 1.11 bits per heavy atom. The van der Waals surface area contributed by atoms with Crippen LogP contribution in [-0.4, -0.2) is 76.5 Å². The average Bonchev–Trinajstić information content (AvgIpc) is 3.23. The summed E-state index contributed by atoms with van der Waals surface area (Å²) in [6.07, 6.45) is -4.54. The van der Waals surface area contributed by atoms with E-state index in [-0.39, 0.29) is 12.4 Å².